The van der Waals surface area contributed by atoms with Gasteiger partial charge in [0.05, 0.1) is 0 Å². The van der Waals surface area contributed by atoms with Crippen molar-refractivity contribution in [3.63, 3.8) is 0 Å². The summed E-state index contributed by atoms with van der Waals surface area (Å²) in [6, 6.07) is 2.74. The Bertz CT molecular complexity index is 360. The molecular weight excluding hydrogens is 200 g/mol. The van der Waals surface area contributed by atoms with Crippen LogP contribution < -0.4 is 10.2 Å². The number of anilines is 2. The van der Waals surface area contributed by atoms with Crippen LogP contribution in [-0.4, -0.2) is 29.6 Å². The molecule has 1 N–H and O–H groups in total. The first-order valence-electron chi connectivity index (χ1n) is 6.03. The Hall–Kier alpha value is -1.32. The fourth-order valence-electron chi connectivity index (χ4n) is 1.70. The lowest BCUT2D eigenvalue weighted by atomic mass is 10.4. The number of aryl methyl sites for hydroxylation is 1. The van der Waals surface area contributed by atoms with Gasteiger partial charge in [0.2, 0.25) is 5.95 Å². The fourth-order valence-corrected chi connectivity index (χ4v) is 1.70. The second kappa shape index (κ2) is 4.68. The molecule has 0 aromatic carbocycles. The van der Waals surface area contributed by atoms with E-state index in [-0.39, 0.29) is 0 Å². The molecule has 0 amide bonds. The van der Waals surface area contributed by atoms with Crippen molar-refractivity contribution >= 4 is 11.8 Å². The van der Waals surface area contributed by atoms with Crippen molar-refractivity contribution in [2.45, 2.75) is 39.2 Å². The van der Waals surface area contributed by atoms with Crippen LogP contribution in [0.3, 0.4) is 0 Å². The summed E-state index contributed by atoms with van der Waals surface area (Å²) in [5.41, 5.74) is 1.02. The predicted octanol–water partition coefficient (Wildman–Crippen LogP) is 2.21. The molecule has 0 spiro atoms. The molecule has 1 aliphatic carbocycles. The van der Waals surface area contributed by atoms with Crippen molar-refractivity contribution in [1.29, 1.82) is 0 Å². The van der Waals surface area contributed by atoms with Crippen molar-refractivity contribution in [1.82, 2.24) is 9.97 Å². The molecule has 1 saturated carbocycles. The maximum Gasteiger partial charge on any atom is 0.224 e. The number of nitrogens with one attached hydrogen (secondary N) is 1. The minimum atomic E-state index is 0.688. The molecule has 1 aliphatic rings. The van der Waals surface area contributed by atoms with Gasteiger partial charge in [-0.1, -0.05) is 6.92 Å². The van der Waals surface area contributed by atoms with Gasteiger partial charge < -0.3 is 10.2 Å². The normalized spacial score (nSPS) is 14.9. The summed E-state index contributed by atoms with van der Waals surface area (Å²) in [5.74, 6) is 1.79. The van der Waals surface area contributed by atoms with Gasteiger partial charge in [-0.2, -0.15) is 4.98 Å². The zero-order chi connectivity index (χ0) is 11.5. The van der Waals surface area contributed by atoms with Gasteiger partial charge in [0.15, 0.2) is 0 Å². The topological polar surface area (TPSA) is 41.1 Å². The first-order chi connectivity index (χ1) is 7.70. The summed E-state index contributed by atoms with van der Waals surface area (Å²) >= 11 is 0. The lowest BCUT2D eigenvalue weighted by molar-refractivity contribution is 0.874. The lowest BCUT2D eigenvalue weighted by Gasteiger charge is -2.18. The highest BCUT2D eigenvalue weighted by atomic mass is 15.2. The van der Waals surface area contributed by atoms with Crippen LogP contribution in [0.2, 0.25) is 0 Å². The SMILES string of the molecule is CCCNc1nc(C)cc(N(C)C2CC2)n1. The lowest BCUT2D eigenvalue weighted by Crippen LogP contribution is -2.21. The molecule has 0 saturated heterocycles. The Kier molecular flexibility index (Phi) is 3.27. The highest BCUT2D eigenvalue weighted by Crippen LogP contribution is 2.29. The molecule has 1 heterocycles. The van der Waals surface area contributed by atoms with Crippen LogP contribution in [0, 0.1) is 6.92 Å². The van der Waals surface area contributed by atoms with Crippen molar-refractivity contribution in [3.8, 4) is 0 Å². The van der Waals surface area contributed by atoms with Crippen LogP contribution in [0.4, 0.5) is 11.8 Å². The highest BCUT2D eigenvalue weighted by Gasteiger charge is 2.27. The van der Waals surface area contributed by atoms with Crippen LogP contribution >= 0.6 is 0 Å². The van der Waals surface area contributed by atoms with Gasteiger partial charge in [0, 0.05) is 31.4 Å². The maximum atomic E-state index is 4.54. The van der Waals surface area contributed by atoms with E-state index in [9.17, 15) is 0 Å². The van der Waals surface area contributed by atoms with Crippen molar-refractivity contribution in [2.24, 2.45) is 0 Å². The molecular formula is C12H20N4. The molecule has 0 radical (unpaired) electrons. The zero-order valence-corrected chi connectivity index (χ0v) is 10.3. The summed E-state index contributed by atoms with van der Waals surface area (Å²) in [5, 5.41) is 3.24. The van der Waals surface area contributed by atoms with Gasteiger partial charge >= 0.3 is 0 Å². The van der Waals surface area contributed by atoms with Crippen LogP contribution in [0.25, 0.3) is 0 Å². The number of nitrogens with zero attached hydrogens (tertiary/aromatic N) is 3. The molecule has 16 heavy (non-hydrogen) atoms. The van der Waals surface area contributed by atoms with E-state index in [1.165, 1.54) is 12.8 Å². The van der Waals surface area contributed by atoms with Crippen molar-refractivity contribution in [3.05, 3.63) is 11.8 Å². The minimum absolute atomic E-state index is 0.688. The first kappa shape index (κ1) is 11.2. The van der Waals surface area contributed by atoms with Crippen LogP contribution in [0.5, 0.6) is 0 Å². The summed E-state index contributed by atoms with van der Waals surface area (Å²) in [6.45, 7) is 5.08. The number of hydrogen-bond acceptors (Lipinski definition) is 4. The third-order valence-corrected chi connectivity index (χ3v) is 2.83. The van der Waals surface area contributed by atoms with E-state index in [0.717, 1.165) is 30.4 Å². The third kappa shape index (κ3) is 2.62. The largest absolute Gasteiger partial charge is 0.357 e. The standard InChI is InChI=1S/C12H20N4/c1-4-7-13-12-14-9(2)8-11(15-12)16(3)10-5-6-10/h8,10H,4-7H2,1-3H3,(H,13,14,15). The van der Waals surface area contributed by atoms with Gasteiger partial charge in [0.25, 0.3) is 0 Å². The van der Waals surface area contributed by atoms with Gasteiger partial charge in [0.1, 0.15) is 5.82 Å². The second-order valence-corrected chi connectivity index (χ2v) is 4.46. The van der Waals surface area contributed by atoms with E-state index in [1.54, 1.807) is 0 Å². The summed E-state index contributed by atoms with van der Waals surface area (Å²) < 4.78 is 0. The summed E-state index contributed by atoms with van der Waals surface area (Å²) in [4.78, 5) is 11.2. The Labute approximate surface area is 97.1 Å². The second-order valence-electron chi connectivity index (χ2n) is 4.46. The van der Waals surface area contributed by atoms with E-state index in [4.69, 9.17) is 0 Å². The first-order valence-corrected chi connectivity index (χ1v) is 6.03. The molecule has 88 valence electrons. The van der Waals surface area contributed by atoms with Crippen molar-refractivity contribution < 1.29 is 0 Å². The Balaban J connectivity index is 2.14. The van der Waals surface area contributed by atoms with Crippen LogP contribution in [-0.2, 0) is 0 Å². The molecule has 4 heteroatoms. The Morgan fingerprint density at radius 2 is 2.19 bits per heavy atom. The van der Waals surface area contributed by atoms with E-state index in [1.807, 2.05) is 6.92 Å². The molecule has 4 nitrogen and oxygen atoms in total. The molecule has 1 aromatic heterocycles. The molecule has 0 bridgehead atoms. The highest BCUT2D eigenvalue weighted by molar-refractivity contribution is 5.45. The van der Waals surface area contributed by atoms with Gasteiger partial charge in [-0.25, -0.2) is 4.98 Å². The van der Waals surface area contributed by atoms with Crippen LogP contribution in [0.1, 0.15) is 31.9 Å². The fraction of sp³-hybridized carbons (Fsp3) is 0.667. The van der Waals surface area contributed by atoms with Crippen molar-refractivity contribution in [2.75, 3.05) is 23.8 Å². The molecule has 1 fully saturated rings. The minimum Gasteiger partial charge on any atom is -0.357 e. The van der Waals surface area contributed by atoms with Gasteiger partial charge in [-0.3, -0.25) is 0 Å². The number of hydrogen-bond donors (Lipinski definition) is 1. The molecule has 1 aromatic rings. The average Bonchev–Trinajstić information content (AvgIpc) is 3.08. The van der Waals surface area contributed by atoms with E-state index in [2.05, 4.69) is 40.2 Å². The molecule has 0 aliphatic heterocycles. The average molecular weight is 220 g/mol. The maximum absolute atomic E-state index is 4.54. The molecule has 0 atom stereocenters. The Morgan fingerprint density at radius 3 is 2.81 bits per heavy atom. The quantitative estimate of drug-likeness (QED) is 0.826. The molecule has 0 unspecified atom stereocenters. The zero-order valence-electron chi connectivity index (χ0n) is 10.3. The van der Waals surface area contributed by atoms with Gasteiger partial charge in [-0.15, -0.1) is 0 Å². The Morgan fingerprint density at radius 1 is 1.44 bits per heavy atom. The van der Waals surface area contributed by atoms with E-state index >= 15 is 0 Å². The summed E-state index contributed by atoms with van der Waals surface area (Å²) in [6.07, 6.45) is 3.67. The predicted molar refractivity (Wildman–Crippen MR) is 67.0 cm³/mol. The number of rotatable bonds is 5. The van der Waals surface area contributed by atoms with E-state index < -0.39 is 0 Å². The van der Waals surface area contributed by atoms with E-state index in [0.29, 0.717) is 6.04 Å². The summed E-state index contributed by atoms with van der Waals surface area (Å²) in [7, 11) is 2.11. The third-order valence-electron chi connectivity index (χ3n) is 2.83. The number of aromatic nitrogens is 2. The van der Waals surface area contributed by atoms with Crippen LogP contribution in [0.15, 0.2) is 6.07 Å². The monoisotopic (exact) mass is 220 g/mol. The smallest absolute Gasteiger partial charge is 0.224 e. The molecule has 2 rings (SSSR count). The van der Waals surface area contributed by atoms with Gasteiger partial charge in [-0.05, 0) is 26.2 Å².